The average molecular weight is 248 g/mol. The Morgan fingerprint density at radius 3 is 1.62 bits per heavy atom. The largest absolute Gasteiger partial charge is 0.249 e. The highest BCUT2D eigenvalue weighted by Crippen LogP contribution is 2.35. The van der Waals surface area contributed by atoms with Gasteiger partial charge < -0.3 is 0 Å². The maximum Gasteiger partial charge on any atom is 0.107 e. The molecule has 4 heteroatoms. The molecule has 0 spiro atoms. The summed E-state index contributed by atoms with van der Waals surface area (Å²) < 4.78 is 0. The second kappa shape index (κ2) is 5.37. The minimum absolute atomic E-state index is 1.02. The molecule has 0 fully saturated rings. The quantitative estimate of drug-likeness (QED) is 0.770. The summed E-state index contributed by atoms with van der Waals surface area (Å²) in [6.07, 6.45) is 3.67. The molecule has 2 aromatic heterocycles. The maximum atomic E-state index is 4.29. The molecule has 2 heterocycles. The lowest BCUT2D eigenvalue weighted by Crippen LogP contribution is -1.80. The van der Waals surface area contributed by atoms with E-state index in [1.54, 1.807) is 21.6 Å². The molecule has 0 bridgehead atoms. The summed E-state index contributed by atoms with van der Waals surface area (Å²) in [7, 11) is 3.28. The molecule has 0 atom stereocenters. The van der Waals surface area contributed by atoms with Crippen LogP contribution in [0.4, 0.5) is 0 Å². The van der Waals surface area contributed by atoms with Crippen molar-refractivity contribution in [2.24, 2.45) is 0 Å². The predicted molar refractivity (Wildman–Crippen MR) is 69.7 cm³/mol. The number of aryl methyl sites for hydroxylation is 2. The molecular weight excluding hydrogens is 236 g/mol. The standard InChI is InChI=1S/C12H12N2S2/c1-9-3-5-13-11(7-9)15-16-12-8-10(2)4-6-14-12/h3-8H,1-2H3. The lowest BCUT2D eigenvalue weighted by atomic mass is 10.3. The van der Waals surface area contributed by atoms with Crippen LogP contribution in [0.5, 0.6) is 0 Å². The van der Waals surface area contributed by atoms with Crippen LogP contribution < -0.4 is 0 Å². The fraction of sp³-hybridized carbons (Fsp3) is 0.167. The zero-order valence-corrected chi connectivity index (χ0v) is 10.8. The number of rotatable bonds is 3. The van der Waals surface area contributed by atoms with Crippen LogP contribution in [0.25, 0.3) is 0 Å². The Morgan fingerprint density at radius 2 is 1.25 bits per heavy atom. The molecule has 0 aliphatic carbocycles. The van der Waals surface area contributed by atoms with Crippen LogP contribution in [0.3, 0.4) is 0 Å². The first-order chi connectivity index (χ1) is 7.74. The SMILES string of the molecule is Cc1ccnc(SSc2cc(C)ccn2)c1. The van der Waals surface area contributed by atoms with Crippen molar-refractivity contribution in [3.8, 4) is 0 Å². The first-order valence-electron chi connectivity index (χ1n) is 4.94. The van der Waals surface area contributed by atoms with E-state index in [2.05, 4.69) is 35.9 Å². The lowest BCUT2D eigenvalue weighted by molar-refractivity contribution is 1.11. The van der Waals surface area contributed by atoms with Crippen LogP contribution in [0, 0.1) is 13.8 Å². The van der Waals surface area contributed by atoms with Gasteiger partial charge in [0, 0.05) is 12.4 Å². The number of aromatic nitrogens is 2. The van der Waals surface area contributed by atoms with E-state index in [0.717, 1.165) is 10.1 Å². The van der Waals surface area contributed by atoms with Crippen molar-refractivity contribution in [2.45, 2.75) is 23.9 Å². The molecule has 2 aromatic rings. The Kier molecular flexibility index (Phi) is 3.85. The van der Waals surface area contributed by atoms with Crippen molar-refractivity contribution in [2.75, 3.05) is 0 Å². The highest BCUT2D eigenvalue weighted by molar-refractivity contribution is 8.76. The van der Waals surface area contributed by atoms with Gasteiger partial charge in [-0.15, -0.1) is 0 Å². The van der Waals surface area contributed by atoms with E-state index in [9.17, 15) is 0 Å². The van der Waals surface area contributed by atoms with Gasteiger partial charge in [-0.1, -0.05) is 0 Å². The normalized spacial score (nSPS) is 10.4. The second-order valence-corrected chi connectivity index (χ2v) is 5.68. The Bertz CT molecular complexity index is 440. The molecule has 0 saturated heterocycles. The molecule has 0 unspecified atom stereocenters. The predicted octanol–water partition coefficient (Wildman–Crippen LogP) is 3.89. The fourth-order valence-electron chi connectivity index (χ4n) is 1.19. The molecule has 0 aromatic carbocycles. The minimum atomic E-state index is 1.02. The summed E-state index contributed by atoms with van der Waals surface area (Å²) in [5.41, 5.74) is 2.46. The summed E-state index contributed by atoms with van der Waals surface area (Å²) in [6, 6.07) is 8.15. The summed E-state index contributed by atoms with van der Waals surface area (Å²) in [5.74, 6) is 0. The molecule has 82 valence electrons. The molecule has 0 radical (unpaired) electrons. The monoisotopic (exact) mass is 248 g/mol. The summed E-state index contributed by atoms with van der Waals surface area (Å²) in [4.78, 5) is 8.58. The first-order valence-corrected chi connectivity index (χ1v) is 7.09. The van der Waals surface area contributed by atoms with Crippen molar-refractivity contribution in [1.29, 1.82) is 0 Å². The van der Waals surface area contributed by atoms with Gasteiger partial charge in [0.25, 0.3) is 0 Å². The van der Waals surface area contributed by atoms with Crippen LogP contribution in [-0.4, -0.2) is 9.97 Å². The van der Waals surface area contributed by atoms with E-state index in [0.29, 0.717) is 0 Å². The first kappa shape index (κ1) is 11.5. The Labute approximate surface area is 103 Å². The average Bonchev–Trinajstić information content (AvgIpc) is 2.27. The topological polar surface area (TPSA) is 25.8 Å². The zero-order valence-electron chi connectivity index (χ0n) is 9.18. The summed E-state index contributed by atoms with van der Waals surface area (Å²) in [6.45, 7) is 4.14. The van der Waals surface area contributed by atoms with Crippen molar-refractivity contribution >= 4 is 21.6 Å². The van der Waals surface area contributed by atoms with Crippen LogP contribution in [0.2, 0.25) is 0 Å². The number of hydrogen-bond donors (Lipinski definition) is 0. The van der Waals surface area contributed by atoms with Crippen LogP contribution in [-0.2, 0) is 0 Å². The van der Waals surface area contributed by atoms with Gasteiger partial charge in [0.2, 0.25) is 0 Å². The molecular formula is C12H12N2S2. The van der Waals surface area contributed by atoms with Crippen molar-refractivity contribution < 1.29 is 0 Å². The Hall–Kier alpha value is -1.00. The highest BCUT2D eigenvalue weighted by Gasteiger charge is 2.00. The van der Waals surface area contributed by atoms with E-state index >= 15 is 0 Å². The van der Waals surface area contributed by atoms with Crippen LogP contribution >= 0.6 is 21.6 Å². The lowest BCUT2D eigenvalue weighted by Gasteiger charge is -2.01. The third-order valence-corrected chi connectivity index (χ3v) is 4.14. The van der Waals surface area contributed by atoms with Gasteiger partial charge in [-0.25, -0.2) is 9.97 Å². The van der Waals surface area contributed by atoms with E-state index < -0.39 is 0 Å². The third kappa shape index (κ3) is 3.25. The molecule has 2 rings (SSSR count). The molecule has 0 saturated carbocycles. The van der Waals surface area contributed by atoms with Crippen LogP contribution in [0.1, 0.15) is 11.1 Å². The van der Waals surface area contributed by atoms with E-state index in [1.165, 1.54) is 11.1 Å². The van der Waals surface area contributed by atoms with Crippen molar-refractivity contribution in [3.63, 3.8) is 0 Å². The van der Waals surface area contributed by atoms with Gasteiger partial charge in [-0.3, -0.25) is 0 Å². The number of pyridine rings is 2. The van der Waals surface area contributed by atoms with Gasteiger partial charge in [-0.05, 0) is 70.8 Å². The molecule has 0 amide bonds. The zero-order chi connectivity index (χ0) is 11.4. The van der Waals surface area contributed by atoms with E-state index in [-0.39, 0.29) is 0 Å². The van der Waals surface area contributed by atoms with Gasteiger partial charge in [0.05, 0.1) is 0 Å². The van der Waals surface area contributed by atoms with Crippen molar-refractivity contribution in [1.82, 2.24) is 9.97 Å². The Morgan fingerprint density at radius 1 is 0.812 bits per heavy atom. The summed E-state index contributed by atoms with van der Waals surface area (Å²) >= 11 is 0. The molecule has 0 N–H and O–H groups in total. The Balaban J connectivity index is 2.02. The van der Waals surface area contributed by atoms with Gasteiger partial charge in [-0.2, -0.15) is 0 Å². The molecule has 0 aliphatic heterocycles. The third-order valence-electron chi connectivity index (χ3n) is 1.99. The highest BCUT2D eigenvalue weighted by atomic mass is 33.1. The van der Waals surface area contributed by atoms with Crippen LogP contribution in [0.15, 0.2) is 46.7 Å². The minimum Gasteiger partial charge on any atom is -0.249 e. The van der Waals surface area contributed by atoms with E-state index in [1.807, 2.05) is 24.5 Å². The summed E-state index contributed by atoms with van der Waals surface area (Å²) in [5, 5.41) is 2.04. The number of hydrogen-bond acceptors (Lipinski definition) is 4. The number of nitrogens with zero attached hydrogens (tertiary/aromatic N) is 2. The second-order valence-electron chi connectivity index (χ2n) is 3.51. The van der Waals surface area contributed by atoms with Gasteiger partial charge >= 0.3 is 0 Å². The molecule has 16 heavy (non-hydrogen) atoms. The molecule has 2 nitrogen and oxygen atoms in total. The maximum absolute atomic E-state index is 4.29. The molecule has 0 aliphatic rings. The van der Waals surface area contributed by atoms with Gasteiger partial charge in [0.15, 0.2) is 0 Å². The smallest absolute Gasteiger partial charge is 0.107 e. The van der Waals surface area contributed by atoms with Gasteiger partial charge in [0.1, 0.15) is 10.1 Å². The fourth-order valence-corrected chi connectivity index (χ4v) is 3.10. The van der Waals surface area contributed by atoms with Crippen molar-refractivity contribution in [3.05, 3.63) is 47.8 Å². The van der Waals surface area contributed by atoms with E-state index in [4.69, 9.17) is 0 Å².